The van der Waals surface area contributed by atoms with E-state index in [1.807, 2.05) is 44.2 Å². The zero-order chi connectivity index (χ0) is 23.5. The van der Waals surface area contributed by atoms with Crippen LogP contribution < -0.4 is 9.64 Å². The van der Waals surface area contributed by atoms with Gasteiger partial charge in [-0.15, -0.1) is 0 Å². The van der Waals surface area contributed by atoms with Crippen LogP contribution in [0.3, 0.4) is 0 Å². The summed E-state index contributed by atoms with van der Waals surface area (Å²) in [6.07, 6.45) is 4.22. The van der Waals surface area contributed by atoms with Gasteiger partial charge in [-0.05, 0) is 44.2 Å². The SMILES string of the molecule is CCOc1ccccc1N1CCN(C(O)c2cnn(-c3nccc(-c4ccco4)n3)c2C)CC1. The Morgan fingerprint density at radius 2 is 1.91 bits per heavy atom. The van der Waals surface area contributed by atoms with Gasteiger partial charge in [0.25, 0.3) is 5.95 Å². The van der Waals surface area contributed by atoms with Gasteiger partial charge in [-0.25, -0.2) is 14.6 Å². The number of ether oxygens (including phenoxy) is 1. The highest BCUT2D eigenvalue weighted by Gasteiger charge is 2.27. The maximum absolute atomic E-state index is 11.2. The third kappa shape index (κ3) is 4.27. The van der Waals surface area contributed by atoms with Crippen LogP contribution in [0, 0.1) is 6.92 Å². The van der Waals surface area contributed by atoms with Gasteiger partial charge in [0.1, 0.15) is 17.7 Å². The summed E-state index contributed by atoms with van der Waals surface area (Å²) in [5, 5.41) is 15.6. The van der Waals surface area contributed by atoms with E-state index in [1.165, 1.54) is 0 Å². The summed E-state index contributed by atoms with van der Waals surface area (Å²) in [6.45, 7) is 7.57. The normalized spacial score (nSPS) is 15.4. The summed E-state index contributed by atoms with van der Waals surface area (Å²) < 4.78 is 12.9. The van der Waals surface area contributed by atoms with E-state index >= 15 is 0 Å². The van der Waals surface area contributed by atoms with Crippen LogP contribution in [0.25, 0.3) is 17.4 Å². The Hall–Kier alpha value is -3.69. The average Bonchev–Trinajstić information content (AvgIpc) is 3.55. The lowest BCUT2D eigenvalue weighted by atomic mass is 10.1. The molecule has 176 valence electrons. The van der Waals surface area contributed by atoms with E-state index in [1.54, 1.807) is 29.4 Å². The van der Waals surface area contributed by atoms with Gasteiger partial charge in [0.05, 0.1) is 30.4 Å². The van der Waals surface area contributed by atoms with Crippen LogP contribution in [0.5, 0.6) is 5.75 Å². The molecule has 0 radical (unpaired) electrons. The zero-order valence-corrected chi connectivity index (χ0v) is 19.3. The van der Waals surface area contributed by atoms with Gasteiger partial charge < -0.3 is 19.2 Å². The minimum Gasteiger partial charge on any atom is -0.492 e. The topological polar surface area (TPSA) is 92.7 Å². The van der Waals surface area contributed by atoms with Crippen LogP contribution in [0.15, 0.2) is 65.5 Å². The monoisotopic (exact) mass is 460 g/mol. The molecule has 1 aromatic carbocycles. The first-order chi connectivity index (χ1) is 16.7. The highest BCUT2D eigenvalue weighted by Crippen LogP contribution is 2.30. The minimum atomic E-state index is -0.758. The Morgan fingerprint density at radius 1 is 1.09 bits per heavy atom. The highest BCUT2D eigenvalue weighted by atomic mass is 16.5. The number of aromatic nitrogens is 4. The molecule has 5 rings (SSSR count). The van der Waals surface area contributed by atoms with Crippen molar-refractivity contribution < 1.29 is 14.3 Å². The molecule has 34 heavy (non-hydrogen) atoms. The summed E-state index contributed by atoms with van der Waals surface area (Å²) in [5.41, 5.74) is 3.31. The van der Waals surface area contributed by atoms with Crippen LogP contribution in [-0.2, 0) is 0 Å². The molecule has 1 saturated heterocycles. The predicted octanol–water partition coefficient (Wildman–Crippen LogP) is 3.44. The number of hydrogen-bond acceptors (Lipinski definition) is 8. The summed E-state index contributed by atoms with van der Waals surface area (Å²) in [5.74, 6) is 1.99. The minimum absolute atomic E-state index is 0.433. The molecule has 3 aromatic heterocycles. The van der Waals surface area contributed by atoms with Gasteiger partial charge in [0, 0.05) is 37.9 Å². The fourth-order valence-corrected chi connectivity index (χ4v) is 4.29. The van der Waals surface area contributed by atoms with Crippen molar-refractivity contribution in [1.82, 2.24) is 24.6 Å². The lowest BCUT2D eigenvalue weighted by Crippen LogP contribution is -2.47. The number of hydrogen-bond donors (Lipinski definition) is 1. The van der Waals surface area contributed by atoms with Gasteiger partial charge in [0.2, 0.25) is 0 Å². The lowest BCUT2D eigenvalue weighted by molar-refractivity contribution is -0.00212. The molecule has 1 aliphatic rings. The smallest absolute Gasteiger partial charge is 0.251 e. The first-order valence-corrected chi connectivity index (χ1v) is 11.5. The van der Waals surface area contributed by atoms with Crippen molar-refractivity contribution in [3.8, 4) is 23.2 Å². The molecule has 1 aliphatic heterocycles. The second-order valence-electron chi connectivity index (χ2n) is 8.11. The van der Waals surface area contributed by atoms with Crippen LogP contribution in [0.4, 0.5) is 5.69 Å². The van der Waals surface area contributed by atoms with E-state index in [4.69, 9.17) is 9.15 Å². The Labute approximate surface area is 198 Å². The standard InChI is InChI=1S/C25H28N6O3/c1-3-33-23-8-5-4-7-21(23)29-12-14-30(15-13-29)24(32)19-17-27-31(18(19)2)25-26-11-10-20(28-25)22-9-6-16-34-22/h4-11,16-17,24,32H,3,12-15H2,1-2H3. The maximum atomic E-state index is 11.2. The van der Waals surface area contributed by atoms with Crippen LogP contribution in [0.2, 0.25) is 0 Å². The summed E-state index contributed by atoms with van der Waals surface area (Å²) >= 11 is 0. The number of aliphatic hydroxyl groups excluding tert-OH is 1. The predicted molar refractivity (Wildman–Crippen MR) is 128 cm³/mol. The van der Waals surface area contributed by atoms with Crippen LogP contribution in [0.1, 0.15) is 24.4 Å². The zero-order valence-electron chi connectivity index (χ0n) is 19.3. The Balaban J connectivity index is 1.30. The molecular formula is C25H28N6O3. The number of furan rings is 1. The molecule has 0 aliphatic carbocycles. The van der Waals surface area contributed by atoms with Crippen molar-refractivity contribution in [2.24, 2.45) is 0 Å². The van der Waals surface area contributed by atoms with Crippen molar-refractivity contribution in [2.45, 2.75) is 20.1 Å². The highest BCUT2D eigenvalue weighted by molar-refractivity contribution is 5.58. The largest absolute Gasteiger partial charge is 0.492 e. The van der Waals surface area contributed by atoms with Gasteiger partial charge >= 0.3 is 0 Å². The molecule has 0 bridgehead atoms. The van der Waals surface area contributed by atoms with Crippen molar-refractivity contribution >= 4 is 5.69 Å². The molecular weight excluding hydrogens is 432 g/mol. The molecule has 0 amide bonds. The fraction of sp³-hybridized carbons (Fsp3) is 0.320. The Bertz CT molecular complexity index is 1230. The molecule has 1 fully saturated rings. The first-order valence-electron chi connectivity index (χ1n) is 11.5. The number of rotatable bonds is 7. The number of benzene rings is 1. The van der Waals surface area contributed by atoms with E-state index < -0.39 is 6.23 Å². The van der Waals surface area contributed by atoms with Crippen molar-refractivity contribution in [2.75, 3.05) is 37.7 Å². The van der Waals surface area contributed by atoms with Crippen LogP contribution in [-0.4, -0.2) is 62.5 Å². The summed E-state index contributed by atoms with van der Waals surface area (Å²) in [4.78, 5) is 13.3. The number of para-hydroxylation sites is 2. The molecule has 9 heteroatoms. The number of anilines is 1. The molecule has 1 atom stereocenters. The molecule has 9 nitrogen and oxygen atoms in total. The maximum Gasteiger partial charge on any atom is 0.251 e. The summed E-state index contributed by atoms with van der Waals surface area (Å²) in [7, 11) is 0. The lowest BCUT2D eigenvalue weighted by Gasteiger charge is -2.38. The average molecular weight is 461 g/mol. The molecule has 0 spiro atoms. The van der Waals surface area contributed by atoms with Gasteiger partial charge in [0.15, 0.2) is 5.76 Å². The van der Waals surface area contributed by atoms with Crippen molar-refractivity contribution in [3.05, 3.63) is 72.4 Å². The fourth-order valence-electron chi connectivity index (χ4n) is 4.29. The second-order valence-corrected chi connectivity index (χ2v) is 8.11. The Kier molecular flexibility index (Phi) is 6.29. The quantitative estimate of drug-likeness (QED) is 0.448. The van der Waals surface area contributed by atoms with E-state index in [9.17, 15) is 5.11 Å². The van der Waals surface area contributed by atoms with E-state index in [2.05, 4.69) is 30.9 Å². The Morgan fingerprint density at radius 3 is 2.68 bits per heavy atom. The first kappa shape index (κ1) is 22.1. The summed E-state index contributed by atoms with van der Waals surface area (Å²) in [6, 6.07) is 13.6. The number of piperazine rings is 1. The third-order valence-electron chi connectivity index (χ3n) is 6.10. The number of aliphatic hydroxyl groups is 1. The van der Waals surface area contributed by atoms with Gasteiger partial charge in [-0.2, -0.15) is 5.10 Å². The molecule has 1 unspecified atom stereocenters. The third-order valence-corrected chi connectivity index (χ3v) is 6.10. The van der Waals surface area contributed by atoms with E-state index in [-0.39, 0.29) is 0 Å². The van der Waals surface area contributed by atoms with Crippen molar-refractivity contribution in [1.29, 1.82) is 0 Å². The van der Waals surface area contributed by atoms with Crippen LogP contribution >= 0.6 is 0 Å². The van der Waals surface area contributed by atoms with E-state index in [0.717, 1.165) is 48.9 Å². The number of nitrogens with zero attached hydrogens (tertiary/aromatic N) is 6. The van der Waals surface area contributed by atoms with Crippen molar-refractivity contribution in [3.63, 3.8) is 0 Å². The molecule has 4 aromatic rings. The second kappa shape index (κ2) is 9.66. The van der Waals surface area contributed by atoms with Gasteiger partial charge in [-0.1, -0.05) is 12.1 Å². The molecule has 1 N–H and O–H groups in total. The molecule has 0 saturated carbocycles. The van der Waals surface area contributed by atoms with Gasteiger partial charge in [-0.3, -0.25) is 4.90 Å². The van der Waals surface area contributed by atoms with E-state index in [0.29, 0.717) is 24.0 Å². The molecule has 4 heterocycles.